The topological polar surface area (TPSA) is 62.0 Å². The maximum absolute atomic E-state index is 11.9. The highest BCUT2D eigenvalue weighted by atomic mass is 16.2. The van der Waals surface area contributed by atoms with Gasteiger partial charge in [0.1, 0.15) is 0 Å². The van der Waals surface area contributed by atoms with Gasteiger partial charge < -0.3 is 10.3 Å². The van der Waals surface area contributed by atoms with Crippen molar-refractivity contribution in [2.24, 2.45) is 0 Å². The van der Waals surface area contributed by atoms with Crippen LogP contribution in [0.3, 0.4) is 0 Å². The Labute approximate surface area is 98.3 Å². The Kier molecular flexibility index (Phi) is 3.05. The Hall–Kier alpha value is -2.36. The first-order valence-electron chi connectivity index (χ1n) is 5.22. The van der Waals surface area contributed by atoms with E-state index >= 15 is 0 Å². The number of rotatable bonds is 2. The van der Waals surface area contributed by atoms with Crippen molar-refractivity contribution in [1.82, 2.24) is 4.98 Å². The number of aromatic nitrogens is 1. The quantitative estimate of drug-likeness (QED) is 0.825. The normalized spacial score (nSPS) is 9.94. The Morgan fingerprint density at radius 1 is 1.18 bits per heavy atom. The number of hydrogen-bond acceptors (Lipinski definition) is 2. The third-order valence-electron chi connectivity index (χ3n) is 2.27. The highest BCUT2D eigenvalue weighted by Gasteiger charge is 2.07. The van der Waals surface area contributed by atoms with Crippen LogP contribution in [0.25, 0.3) is 0 Å². The molecule has 1 aromatic heterocycles. The second kappa shape index (κ2) is 4.65. The molecule has 2 aromatic rings. The van der Waals surface area contributed by atoms with Gasteiger partial charge in [-0.2, -0.15) is 0 Å². The fourth-order valence-electron chi connectivity index (χ4n) is 1.54. The van der Waals surface area contributed by atoms with E-state index in [0.29, 0.717) is 16.9 Å². The van der Waals surface area contributed by atoms with Crippen molar-refractivity contribution < 1.29 is 4.79 Å². The van der Waals surface area contributed by atoms with Gasteiger partial charge in [0.15, 0.2) is 0 Å². The van der Waals surface area contributed by atoms with Crippen molar-refractivity contribution >= 4 is 11.6 Å². The average molecular weight is 228 g/mol. The SMILES string of the molecule is Cc1cc(C(=O)Nc2ccccc2)cc(=O)[nH]1. The summed E-state index contributed by atoms with van der Waals surface area (Å²) in [7, 11) is 0. The Bertz CT molecular complexity index is 588. The van der Waals surface area contributed by atoms with E-state index in [1.807, 2.05) is 18.2 Å². The van der Waals surface area contributed by atoms with Crippen LogP contribution in [0.4, 0.5) is 5.69 Å². The minimum atomic E-state index is -0.287. The molecule has 4 heteroatoms. The number of aromatic amines is 1. The highest BCUT2D eigenvalue weighted by molar-refractivity contribution is 6.04. The molecule has 1 amide bonds. The van der Waals surface area contributed by atoms with Crippen LogP contribution in [0.5, 0.6) is 0 Å². The molecule has 0 atom stereocenters. The zero-order valence-electron chi connectivity index (χ0n) is 9.36. The molecule has 86 valence electrons. The largest absolute Gasteiger partial charge is 0.326 e. The van der Waals surface area contributed by atoms with E-state index in [1.54, 1.807) is 25.1 Å². The number of aryl methyl sites for hydroxylation is 1. The number of carbonyl (C=O) groups is 1. The van der Waals surface area contributed by atoms with Crippen molar-refractivity contribution in [3.63, 3.8) is 0 Å². The molecule has 0 aliphatic carbocycles. The summed E-state index contributed by atoms with van der Waals surface area (Å²) >= 11 is 0. The average Bonchev–Trinajstić information content (AvgIpc) is 2.29. The molecule has 0 bridgehead atoms. The van der Waals surface area contributed by atoms with Gasteiger partial charge in [-0.25, -0.2) is 0 Å². The predicted molar refractivity (Wildman–Crippen MR) is 66.2 cm³/mol. The number of H-pyrrole nitrogens is 1. The Morgan fingerprint density at radius 3 is 2.53 bits per heavy atom. The number of benzene rings is 1. The van der Waals surface area contributed by atoms with E-state index in [-0.39, 0.29) is 11.5 Å². The second-order valence-corrected chi connectivity index (χ2v) is 3.74. The molecule has 1 heterocycles. The number of nitrogens with one attached hydrogen (secondary N) is 2. The summed E-state index contributed by atoms with van der Waals surface area (Å²) in [6.07, 6.45) is 0. The van der Waals surface area contributed by atoms with Crippen LogP contribution in [-0.4, -0.2) is 10.9 Å². The molecule has 0 saturated carbocycles. The van der Waals surface area contributed by atoms with Crippen molar-refractivity contribution in [2.75, 3.05) is 5.32 Å². The molecule has 0 aliphatic rings. The maximum atomic E-state index is 11.9. The second-order valence-electron chi connectivity index (χ2n) is 3.74. The fraction of sp³-hybridized carbons (Fsp3) is 0.0769. The lowest BCUT2D eigenvalue weighted by Crippen LogP contribution is -2.16. The molecule has 2 N–H and O–H groups in total. The first-order chi connectivity index (χ1) is 8.15. The summed E-state index contributed by atoms with van der Waals surface area (Å²) in [5.74, 6) is -0.287. The van der Waals surface area contributed by atoms with Gasteiger partial charge in [0.05, 0.1) is 0 Å². The molecule has 0 spiro atoms. The van der Waals surface area contributed by atoms with Gasteiger partial charge in [0.25, 0.3) is 5.91 Å². The number of carbonyl (C=O) groups excluding carboxylic acids is 1. The number of pyridine rings is 1. The lowest BCUT2D eigenvalue weighted by Gasteiger charge is -2.05. The van der Waals surface area contributed by atoms with Gasteiger partial charge in [0, 0.05) is 23.0 Å². The van der Waals surface area contributed by atoms with E-state index in [9.17, 15) is 9.59 Å². The fourth-order valence-corrected chi connectivity index (χ4v) is 1.54. The monoisotopic (exact) mass is 228 g/mol. The van der Waals surface area contributed by atoms with Gasteiger partial charge in [-0.15, -0.1) is 0 Å². The van der Waals surface area contributed by atoms with Crippen LogP contribution in [0.1, 0.15) is 16.1 Å². The van der Waals surface area contributed by atoms with Crippen molar-refractivity contribution in [2.45, 2.75) is 6.92 Å². The minimum absolute atomic E-state index is 0.275. The zero-order chi connectivity index (χ0) is 12.3. The third-order valence-corrected chi connectivity index (χ3v) is 2.27. The van der Waals surface area contributed by atoms with Crippen LogP contribution in [0.2, 0.25) is 0 Å². The first kappa shape index (κ1) is 11.1. The summed E-state index contributed by atoms with van der Waals surface area (Å²) in [5.41, 5.74) is 1.45. The molecule has 4 nitrogen and oxygen atoms in total. The molecule has 1 aromatic carbocycles. The predicted octanol–water partition coefficient (Wildman–Crippen LogP) is 1.94. The molecule has 2 rings (SSSR count). The molecule has 0 radical (unpaired) electrons. The van der Waals surface area contributed by atoms with Gasteiger partial charge in [-0.05, 0) is 25.1 Å². The summed E-state index contributed by atoms with van der Waals surface area (Å²) in [4.78, 5) is 25.7. The molecule has 0 unspecified atom stereocenters. The van der Waals surface area contributed by atoms with E-state index < -0.39 is 0 Å². The van der Waals surface area contributed by atoms with Gasteiger partial charge in [0.2, 0.25) is 5.56 Å². The van der Waals surface area contributed by atoms with Crippen molar-refractivity contribution in [3.05, 3.63) is 64.1 Å². The number of amides is 1. The first-order valence-corrected chi connectivity index (χ1v) is 5.22. The molecule has 0 aliphatic heterocycles. The Morgan fingerprint density at radius 2 is 1.88 bits per heavy atom. The maximum Gasteiger partial charge on any atom is 0.255 e. The third kappa shape index (κ3) is 2.81. The van der Waals surface area contributed by atoms with Gasteiger partial charge in [-0.3, -0.25) is 9.59 Å². The summed E-state index contributed by atoms with van der Waals surface area (Å²) < 4.78 is 0. The van der Waals surface area contributed by atoms with Crippen LogP contribution < -0.4 is 10.9 Å². The highest BCUT2D eigenvalue weighted by Crippen LogP contribution is 2.07. The van der Waals surface area contributed by atoms with Gasteiger partial charge in [-0.1, -0.05) is 18.2 Å². The smallest absolute Gasteiger partial charge is 0.255 e. The molecular formula is C13H12N2O2. The standard InChI is InChI=1S/C13H12N2O2/c1-9-7-10(8-12(16)14-9)13(17)15-11-5-3-2-4-6-11/h2-8H,1H3,(H,14,16)(H,15,17). The summed E-state index contributed by atoms with van der Waals surface area (Å²) in [6.45, 7) is 1.74. The lowest BCUT2D eigenvalue weighted by molar-refractivity contribution is 0.102. The van der Waals surface area contributed by atoms with Crippen LogP contribution in [0, 0.1) is 6.92 Å². The van der Waals surface area contributed by atoms with Gasteiger partial charge >= 0.3 is 0 Å². The van der Waals surface area contributed by atoms with Crippen molar-refractivity contribution in [3.8, 4) is 0 Å². The lowest BCUT2D eigenvalue weighted by atomic mass is 10.2. The number of anilines is 1. The minimum Gasteiger partial charge on any atom is -0.326 e. The molecule has 0 saturated heterocycles. The summed E-state index contributed by atoms with van der Waals surface area (Å²) in [6, 6.07) is 12.0. The van der Waals surface area contributed by atoms with Crippen LogP contribution >= 0.6 is 0 Å². The zero-order valence-corrected chi connectivity index (χ0v) is 9.36. The van der Waals surface area contributed by atoms with Crippen LogP contribution in [-0.2, 0) is 0 Å². The van der Waals surface area contributed by atoms with Crippen LogP contribution in [0.15, 0.2) is 47.3 Å². The Balaban J connectivity index is 2.23. The van der Waals surface area contributed by atoms with E-state index in [0.717, 1.165) is 0 Å². The van der Waals surface area contributed by atoms with E-state index in [1.165, 1.54) is 6.07 Å². The molecular weight excluding hydrogens is 216 g/mol. The molecule has 0 fully saturated rings. The summed E-state index contributed by atoms with van der Waals surface area (Å²) in [5, 5.41) is 2.72. The number of hydrogen-bond donors (Lipinski definition) is 2. The van der Waals surface area contributed by atoms with E-state index in [2.05, 4.69) is 10.3 Å². The van der Waals surface area contributed by atoms with E-state index in [4.69, 9.17) is 0 Å². The number of para-hydroxylation sites is 1. The molecule has 17 heavy (non-hydrogen) atoms. The van der Waals surface area contributed by atoms with Crippen molar-refractivity contribution in [1.29, 1.82) is 0 Å².